The van der Waals surface area contributed by atoms with Crippen LogP contribution in [0.25, 0.3) is 17.0 Å². The number of aromatic nitrogens is 1. The monoisotopic (exact) mass is 379 g/mol. The quantitative estimate of drug-likeness (QED) is 0.290. The molecule has 1 amide bonds. The lowest BCUT2D eigenvalue weighted by Crippen LogP contribution is -2.14. The molecule has 0 aliphatic carbocycles. The Morgan fingerprint density at radius 2 is 1.59 bits per heavy atom. The molecule has 3 aromatic carbocycles. The first-order valence-corrected chi connectivity index (χ1v) is 9.47. The van der Waals surface area contributed by atoms with Gasteiger partial charge >= 0.3 is 0 Å². The molecule has 0 saturated carbocycles. The van der Waals surface area contributed by atoms with Crippen LogP contribution in [0.5, 0.6) is 0 Å². The molecule has 4 heteroatoms. The second kappa shape index (κ2) is 8.85. The number of benzene rings is 3. The van der Waals surface area contributed by atoms with E-state index in [0.29, 0.717) is 0 Å². The summed E-state index contributed by atoms with van der Waals surface area (Å²) in [5.74, 6) is -0.266. The highest BCUT2D eigenvalue weighted by Gasteiger charge is 2.07. The van der Waals surface area contributed by atoms with Gasteiger partial charge in [0.05, 0.1) is 6.21 Å². The summed E-state index contributed by atoms with van der Waals surface area (Å²) in [5.41, 5.74) is 6.85. The SMILES string of the molecule is O=C(/C=C/c1ccccc1)N/N=C/c1cn(Cc2ccccc2)c2ccccc12. The van der Waals surface area contributed by atoms with Crippen LogP contribution in [0.15, 0.2) is 102 Å². The summed E-state index contributed by atoms with van der Waals surface area (Å²) in [7, 11) is 0. The molecule has 0 spiro atoms. The van der Waals surface area contributed by atoms with E-state index < -0.39 is 0 Å². The molecule has 0 bridgehead atoms. The lowest BCUT2D eigenvalue weighted by Gasteiger charge is -2.05. The Morgan fingerprint density at radius 1 is 0.897 bits per heavy atom. The van der Waals surface area contributed by atoms with Crippen molar-refractivity contribution in [3.8, 4) is 0 Å². The minimum atomic E-state index is -0.266. The van der Waals surface area contributed by atoms with Crippen molar-refractivity contribution in [2.45, 2.75) is 6.54 Å². The predicted octanol–water partition coefficient (Wildman–Crippen LogP) is 4.85. The van der Waals surface area contributed by atoms with Crippen LogP contribution in [-0.2, 0) is 11.3 Å². The van der Waals surface area contributed by atoms with Crippen LogP contribution in [0.3, 0.4) is 0 Å². The third-order valence-electron chi connectivity index (χ3n) is 4.62. The summed E-state index contributed by atoms with van der Waals surface area (Å²) in [5, 5.41) is 5.23. The molecule has 0 aliphatic rings. The maximum absolute atomic E-state index is 12.0. The zero-order valence-corrected chi connectivity index (χ0v) is 15.9. The number of nitrogens with zero attached hydrogens (tertiary/aromatic N) is 2. The van der Waals surface area contributed by atoms with Gasteiger partial charge in [-0.25, -0.2) is 5.43 Å². The second-order valence-corrected chi connectivity index (χ2v) is 6.69. The Balaban J connectivity index is 1.49. The minimum Gasteiger partial charge on any atom is -0.342 e. The van der Waals surface area contributed by atoms with Gasteiger partial charge in [0.15, 0.2) is 0 Å². The number of amides is 1. The highest BCUT2D eigenvalue weighted by atomic mass is 16.2. The summed E-state index contributed by atoms with van der Waals surface area (Å²) in [6.45, 7) is 0.779. The van der Waals surface area contributed by atoms with Crippen molar-refractivity contribution in [1.82, 2.24) is 9.99 Å². The van der Waals surface area contributed by atoms with E-state index >= 15 is 0 Å². The van der Waals surface area contributed by atoms with E-state index in [1.165, 1.54) is 11.6 Å². The number of hydrogen-bond acceptors (Lipinski definition) is 2. The topological polar surface area (TPSA) is 46.4 Å². The normalized spacial score (nSPS) is 11.4. The summed E-state index contributed by atoms with van der Waals surface area (Å²) in [6.07, 6.45) is 6.99. The third kappa shape index (κ3) is 4.68. The second-order valence-electron chi connectivity index (χ2n) is 6.69. The van der Waals surface area contributed by atoms with E-state index in [1.54, 1.807) is 12.3 Å². The van der Waals surface area contributed by atoms with Crippen LogP contribution in [0.1, 0.15) is 16.7 Å². The van der Waals surface area contributed by atoms with Crippen LogP contribution in [-0.4, -0.2) is 16.7 Å². The average Bonchev–Trinajstić information content (AvgIpc) is 3.11. The maximum atomic E-state index is 12.0. The Morgan fingerprint density at radius 3 is 2.38 bits per heavy atom. The Bertz CT molecular complexity index is 1160. The number of fused-ring (bicyclic) bond motifs is 1. The number of carbonyl (C=O) groups is 1. The molecule has 4 nitrogen and oxygen atoms in total. The molecule has 1 aromatic heterocycles. The van der Waals surface area contributed by atoms with Gasteiger partial charge < -0.3 is 4.57 Å². The molecule has 1 N–H and O–H groups in total. The van der Waals surface area contributed by atoms with Gasteiger partial charge in [-0.15, -0.1) is 0 Å². The molecule has 1 heterocycles. The first-order valence-electron chi connectivity index (χ1n) is 9.47. The summed E-state index contributed by atoms with van der Waals surface area (Å²) >= 11 is 0. The average molecular weight is 379 g/mol. The predicted molar refractivity (Wildman–Crippen MR) is 119 cm³/mol. The van der Waals surface area contributed by atoms with Gasteiger partial charge in [-0.3, -0.25) is 4.79 Å². The fraction of sp³-hybridized carbons (Fsp3) is 0.0400. The number of hydrazone groups is 1. The Hall–Kier alpha value is -3.92. The summed E-state index contributed by atoms with van der Waals surface area (Å²) in [4.78, 5) is 12.0. The van der Waals surface area contributed by atoms with E-state index in [0.717, 1.165) is 28.6 Å². The van der Waals surface area contributed by atoms with Crippen LogP contribution < -0.4 is 5.43 Å². The van der Waals surface area contributed by atoms with Crippen molar-refractivity contribution in [1.29, 1.82) is 0 Å². The van der Waals surface area contributed by atoms with Crippen LogP contribution in [0, 0.1) is 0 Å². The summed E-state index contributed by atoms with van der Waals surface area (Å²) < 4.78 is 2.20. The third-order valence-corrected chi connectivity index (χ3v) is 4.62. The smallest absolute Gasteiger partial charge is 0.264 e. The fourth-order valence-corrected chi connectivity index (χ4v) is 3.23. The molecule has 0 unspecified atom stereocenters. The fourth-order valence-electron chi connectivity index (χ4n) is 3.23. The van der Waals surface area contributed by atoms with Crippen molar-refractivity contribution < 1.29 is 4.79 Å². The van der Waals surface area contributed by atoms with E-state index in [-0.39, 0.29) is 5.91 Å². The van der Waals surface area contributed by atoms with Crippen molar-refractivity contribution >= 4 is 29.1 Å². The van der Waals surface area contributed by atoms with Crippen LogP contribution in [0.2, 0.25) is 0 Å². The molecule has 0 radical (unpaired) electrons. The number of nitrogens with one attached hydrogen (secondary N) is 1. The summed E-state index contributed by atoms with van der Waals surface area (Å²) in [6, 6.07) is 28.2. The van der Waals surface area contributed by atoms with Crippen LogP contribution in [0.4, 0.5) is 0 Å². The molecule has 4 rings (SSSR count). The number of para-hydroxylation sites is 1. The Labute approximate surface area is 169 Å². The van der Waals surface area contributed by atoms with Crippen molar-refractivity contribution in [2.24, 2.45) is 5.10 Å². The van der Waals surface area contributed by atoms with E-state index in [4.69, 9.17) is 0 Å². The molecule has 29 heavy (non-hydrogen) atoms. The molecular weight excluding hydrogens is 358 g/mol. The number of hydrogen-bond donors (Lipinski definition) is 1. The molecule has 0 atom stereocenters. The van der Waals surface area contributed by atoms with Crippen LogP contribution >= 0.6 is 0 Å². The largest absolute Gasteiger partial charge is 0.342 e. The highest BCUT2D eigenvalue weighted by Crippen LogP contribution is 2.21. The van der Waals surface area contributed by atoms with Gasteiger partial charge in [0.25, 0.3) is 5.91 Å². The molecule has 0 aliphatic heterocycles. The van der Waals surface area contributed by atoms with Crippen molar-refractivity contribution in [3.63, 3.8) is 0 Å². The lowest BCUT2D eigenvalue weighted by atomic mass is 10.2. The van der Waals surface area contributed by atoms with Gasteiger partial charge in [-0.05, 0) is 23.3 Å². The zero-order valence-electron chi connectivity index (χ0n) is 15.9. The van der Waals surface area contributed by atoms with Gasteiger partial charge in [-0.1, -0.05) is 78.9 Å². The van der Waals surface area contributed by atoms with E-state index in [1.807, 2.05) is 60.7 Å². The minimum absolute atomic E-state index is 0.266. The zero-order chi connectivity index (χ0) is 19.9. The van der Waals surface area contributed by atoms with Gasteiger partial charge in [0.1, 0.15) is 0 Å². The van der Waals surface area contributed by atoms with E-state index in [9.17, 15) is 4.79 Å². The molecule has 0 fully saturated rings. The number of rotatable bonds is 6. The molecule has 4 aromatic rings. The standard InChI is InChI=1S/C25H21N3O/c29-25(16-15-20-9-3-1-4-10-20)27-26-17-22-19-28(18-21-11-5-2-6-12-21)24-14-8-7-13-23(22)24/h1-17,19H,18H2,(H,27,29)/b16-15+,26-17+. The van der Waals surface area contributed by atoms with Gasteiger partial charge in [0, 0.05) is 35.3 Å². The first kappa shape index (κ1) is 18.4. The van der Waals surface area contributed by atoms with Gasteiger partial charge in [0.2, 0.25) is 0 Å². The lowest BCUT2D eigenvalue weighted by molar-refractivity contribution is -0.116. The molecule has 142 valence electrons. The molecular formula is C25H21N3O. The first-order chi connectivity index (χ1) is 14.3. The van der Waals surface area contributed by atoms with Gasteiger partial charge in [-0.2, -0.15) is 5.10 Å². The van der Waals surface area contributed by atoms with E-state index in [2.05, 4.69) is 45.6 Å². The maximum Gasteiger partial charge on any atom is 0.264 e. The highest BCUT2D eigenvalue weighted by molar-refractivity contribution is 6.00. The Kier molecular flexibility index (Phi) is 5.63. The molecule has 0 saturated heterocycles. The van der Waals surface area contributed by atoms with Crippen molar-refractivity contribution in [2.75, 3.05) is 0 Å². The number of carbonyl (C=O) groups excluding carboxylic acids is 1. The van der Waals surface area contributed by atoms with Crippen molar-refractivity contribution in [3.05, 3.63) is 114 Å².